The number of rotatable bonds is 3. The standard InChI is InChI=1S/C12H10ClF3N4/c1-17-11-19-9(12(14,15)16)6-10(20-11)18-8-4-2-7(13)3-5-8/h2-6H,1H3,(H2,17,18,19,20). The van der Waals surface area contributed by atoms with Crippen molar-refractivity contribution in [2.45, 2.75) is 6.18 Å². The van der Waals surface area contributed by atoms with Gasteiger partial charge in [0.25, 0.3) is 0 Å². The van der Waals surface area contributed by atoms with Crippen molar-refractivity contribution < 1.29 is 13.2 Å². The van der Waals surface area contributed by atoms with E-state index >= 15 is 0 Å². The predicted molar refractivity (Wildman–Crippen MR) is 71.3 cm³/mol. The fourth-order valence-corrected chi connectivity index (χ4v) is 1.58. The number of nitrogens with zero attached hydrogens (tertiary/aromatic N) is 2. The van der Waals surface area contributed by atoms with Crippen molar-refractivity contribution in [2.75, 3.05) is 17.7 Å². The van der Waals surface area contributed by atoms with E-state index in [0.717, 1.165) is 6.07 Å². The lowest BCUT2D eigenvalue weighted by Crippen LogP contribution is -2.12. The number of benzene rings is 1. The second-order valence-corrected chi connectivity index (χ2v) is 4.28. The monoisotopic (exact) mass is 302 g/mol. The maximum absolute atomic E-state index is 12.7. The van der Waals surface area contributed by atoms with E-state index in [9.17, 15) is 13.2 Å². The first-order valence-electron chi connectivity index (χ1n) is 5.55. The molecule has 0 fully saturated rings. The highest BCUT2D eigenvalue weighted by atomic mass is 35.5. The molecule has 20 heavy (non-hydrogen) atoms. The largest absolute Gasteiger partial charge is 0.433 e. The summed E-state index contributed by atoms with van der Waals surface area (Å²) >= 11 is 5.74. The first-order chi connectivity index (χ1) is 9.38. The Morgan fingerprint density at radius 1 is 1.10 bits per heavy atom. The summed E-state index contributed by atoms with van der Waals surface area (Å²) in [6, 6.07) is 7.35. The average Bonchev–Trinajstić information content (AvgIpc) is 2.40. The van der Waals surface area contributed by atoms with E-state index in [1.165, 1.54) is 7.05 Å². The van der Waals surface area contributed by atoms with Crippen LogP contribution in [0.2, 0.25) is 5.02 Å². The number of anilines is 3. The molecule has 0 aliphatic rings. The summed E-state index contributed by atoms with van der Waals surface area (Å²) in [4.78, 5) is 7.29. The van der Waals surface area contributed by atoms with Crippen LogP contribution in [0.4, 0.5) is 30.6 Å². The van der Waals surface area contributed by atoms with E-state index < -0.39 is 11.9 Å². The zero-order valence-electron chi connectivity index (χ0n) is 10.3. The van der Waals surface area contributed by atoms with Gasteiger partial charge in [-0.3, -0.25) is 0 Å². The van der Waals surface area contributed by atoms with E-state index in [-0.39, 0.29) is 11.8 Å². The van der Waals surface area contributed by atoms with Gasteiger partial charge in [-0.25, -0.2) is 4.98 Å². The van der Waals surface area contributed by atoms with Gasteiger partial charge < -0.3 is 10.6 Å². The van der Waals surface area contributed by atoms with Crippen molar-refractivity contribution in [1.29, 1.82) is 0 Å². The fourth-order valence-electron chi connectivity index (χ4n) is 1.45. The average molecular weight is 303 g/mol. The smallest absolute Gasteiger partial charge is 0.357 e. The minimum absolute atomic E-state index is 0.0407. The molecule has 1 aromatic heterocycles. The van der Waals surface area contributed by atoms with Crippen LogP contribution in [0.25, 0.3) is 0 Å². The minimum atomic E-state index is -4.54. The molecule has 0 saturated carbocycles. The van der Waals surface area contributed by atoms with Gasteiger partial charge >= 0.3 is 6.18 Å². The van der Waals surface area contributed by atoms with Crippen molar-refractivity contribution in [1.82, 2.24) is 9.97 Å². The summed E-state index contributed by atoms with van der Waals surface area (Å²) in [7, 11) is 1.45. The molecule has 0 atom stereocenters. The van der Waals surface area contributed by atoms with Gasteiger partial charge in [0.05, 0.1) is 0 Å². The van der Waals surface area contributed by atoms with Gasteiger partial charge in [-0.15, -0.1) is 0 Å². The molecule has 0 aliphatic heterocycles. The van der Waals surface area contributed by atoms with E-state index in [0.29, 0.717) is 10.7 Å². The lowest BCUT2D eigenvalue weighted by Gasteiger charge is -2.11. The fraction of sp³-hybridized carbons (Fsp3) is 0.167. The highest BCUT2D eigenvalue weighted by molar-refractivity contribution is 6.30. The number of hydrogen-bond acceptors (Lipinski definition) is 4. The molecule has 2 N–H and O–H groups in total. The van der Waals surface area contributed by atoms with E-state index in [4.69, 9.17) is 11.6 Å². The van der Waals surface area contributed by atoms with Crippen molar-refractivity contribution in [3.8, 4) is 0 Å². The number of hydrogen-bond donors (Lipinski definition) is 2. The molecular formula is C12H10ClF3N4. The number of halogens is 4. The Labute approximate surface area is 118 Å². The molecule has 2 rings (SSSR count). The molecule has 1 aromatic carbocycles. The summed E-state index contributed by atoms with van der Waals surface area (Å²) < 4.78 is 38.1. The summed E-state index contributed by atoms with van der Waals surface area (Å²) in [6.45, 7) is 0. The molecule has 0 amide bonds. The molecule has 1 heterocycles. The maximum atomic E-state index is 12.7. The molecule has 2 aromatic rings. The summed E-state index contributed by atoms with van der Waals surface area (Å²) in [6.07, 6.45) is -4.54. The minimum Gasteiger partial charge on any atom is -0.357 e. The molecule has 0 radical (unpaired) electrons. The van der Waals surface area contributed by atoms with E-state index in [1.54, 1.807) is 24.3 Å². The van der Waals surface area contributed by atoms with Gasteiger partial charge in [-0.1, -0.05) is 11.6 Å². The van der Waals surface area contributed by atoms with Crippen LogP contribution in [0.15, 0.2) is 30.3 Å². The maximum Gasteiger partial charge on any atom is 0.433 e. The van der Waals surface area contributed by atoms with Crippen molar-refractivity contribution in [2.24, 2.45) is 0 Å². The van der Waals surface area contributed by atoms with Crippen LogP contribution in [0.3, 0.4) is 0 Å². The summed E-state index contributed by atoms with van der Waals surface area (Å²) in [5, 5.41) is 5.79. The third kappa shape index (κ3) is 3.51. The topological polar surface area (TPSA) is 49.8 Å². The number of alkyl halides is 3. The van der Waals surface area contributed by atoms with E-state index in [1.807, 2.05) is 0 Å². The quantitative estimate of drug-likeness (QED) is 0.902. The van der Waals surface area contributed by atoms with Gasteiger partial charge in [0.15, 0.2) is 5.69 Å². The Hall–Kier alpha value is -2.02. The molecular weight excluding hydrogens is 293 g/mol. The highest BCUT2D eigenvalue weighted by Crippen LogP contribution is 2.30. The lowest BCUT2D eigenvalue weighted by atomic mass is 10.3. The van der Waals surface area contributed by atoms with Gasteiger partial charge in [0.2, 0.25) is 5.95 Å². The van der Waals surface area contributed by atoms with Crippen LogP contribution in [0.1, 0.15) is 5.69 Å². The van der Waals surface area contributed by atoms with Crippen LogP contribution in [-0.2, 0) is 6.18 Å². The van der Waals surface area contributed by atoms with Gasteiger partial charge in [-0.05, 0) is 24.3 Å². The molecule has 106 valence electrons. The molecule has 0 bridgehead atoms. The van der Waals surface area contributed by atoms with E-state index in [2.05, 4.69) is 20.6 Å². The molecule has 4 nitrogen and oxygen atoms in total. The molecule has 0 aliphatic carbocycles. The normalized spacial score (nSPS) is 11.2. The summed E-state index contributed by atoms with van der Waals surface area (Å²) in [5.74, 6) is -0.0738. The third-order valence-corrected chi connectivity index (χ3v) is 2.61. The Morgan fingerprint density at radius 2 is 1.75 bits per heavy atom. The Bertz CT molecular complexity index is 599. The molecule has 0 spiro atoms. The SMILES string of the molecule is CNc1nc(Nc2ccc(Cl)cc2)cc(C(F)(F)F)n1. The first kappa shape index (κ1) is 14.4. The van der Waals surface area contributed by atoms with Crippen molar-refractivity contribution in [3.63, 3.8) is 0 Å². The lowest BCUT2D eigenvalue weighted by molar-refractivity contribution is -0.141. The highest BCUT2D eigenvalue weighted by Gasteiger charge is 2.33. The number of nitrogens with one attached hydrogen (secondary N) is 2. The second-order valence-electron chi connectivity index (χ2n) is 3.84. The van der Waals surface area contributed by atoms with Crippen LogP contribution in [0, 0.1) is 0 Å². The van der Waals surface area contributed by atoms with Gasteiger partial charge in [0.1, 0.15) is 5.82 Å². The van der Waals surface area contributed by atoms with Crippen molar-refractivity contribution >= 4 is 29.1 Å². The Kier molecular flexibility index (Phi) is 3.99. The third-order valence-electron chi connectivity index (χ3n) is 2.36. The Morgan fingerprint density at radius 3 is 2.30 bits per heavy atom. The molecule has 0 unspecified atom stereocenters. The zero-order valence-corrected chi connectivity index (χ0v) is 11.0. The van der Waals surface area contributed by atoms with Crippen molar-refractivity contribution in [3.05, 3.63) is 41.0 Å². The zero-order chi connectivity index (χ0) is 14.8. The molecule has 8 heteroatoms. The predicted octanol–water partition coefficient (Wildman–Crippen LogP) is 3.93. The number of aromatic nitrogens is 2. The van der Waals surface area contributed by atoms with Crippen LogP contribution in [0.5, 0.6) is 0 Å². The summed E-state index contributed by atoms with van der Waals surface area (Å²) in [5.41, 5.74) is -0.448. The Balaban J connectivity index is 2.33. The second kappa shape index (κ2) is 5.54. The first-order valence-corrected chi connectivity index (χ1v) is 5.93. The van der Waals surface area contributed by atoms with Gasteiger partial charge in [0, 0.05) is 23.8 Å². The van der Waals surface area contributed by atoms with Crippen LogP contribution < -0.4 is 10.6 Å². The molecule has 0 saturated heterocycles. The van der Waals surface area contributed by atoms with Crippen LogP contribution in [-0.4, -0.2) is 17.0 Å². The van der Waals surface area contributed by atoms with Crippen LogP contribution >= 0.6 is 11.6 Å². The van der Waals surface area contributed by atoms with Gasteiger partial charge in [-0.2, -0.15) is 18.2 Å².